The highest BCUT2D eigenvalue weighted by Crippen LogP contribution is 2.35. The molecule has 1 amide bonds. The molecule has 1 unspecified atom stereocenters. The van der Waals surface area contributed by atoms with Crippen molar-refractivity contribution in [3.05, 3.63) is 102 Å². The van der Waals surface area contributed by atoms with Gasteiger partial charge in [-0.1, -0.05) is 42.5 Å². The molecule has 6 nitrogen and oxygen atoms in total. The molecule has 0 aliphatic carbocycles. The Hall–Kier alpha value is -4.06. The van der Waals surface area contributed by atoms with Gasteiger partial charge in [0.25, 0.3) is 5.91 Å². The largest absolute Gasteiger partial charge is 0.489 e. The first-order valence-electron chi connectivity index (χ1n) is 10.1. The van der Waals surface area contributed by atoms with Gasteiger partial charge in [0.2, 0.25) is 0 Å². The first-order chi connectivity index (χ1) is 15.2. The maximum absolute atomic E-state index is 12.6. The number of ether oxygens (including phenoxy) is 1. The summed E-state index contributed by atoms with van der Waals surface area (Å²) in [4.78, 5) is 14.7. The molecule has 0 radical (unpaired) electrons. The fourth-order valence-electron chi connectivity index (χ4n) is 3.89. The Labute approximate surface area is 180 Å². The van der Waals surface area contributed by atoms with Gasteiger partial charge in [-0.3, -0.25) is 9.89 Å². The summed E-state index contributed by atoms with van der Waals surface area (Å²) >= 11 is 0. The molecule has 0 saturated heterocycles. The van der Waals surface area contributed by atoms with Crippen molar-refractivity contribution in [3.63, 3.8) is 0 Å². The van der Waals surface area contributed by atoms with Crippen molar-refractivity contribution in [2.75, 3.05) is 11.9 Å². The highest BCUT2D eigenvalue weighted by atomic mass is 16.5. The van der Waals surface area contributed by atoms with Crippen LogP contribution in [-0.4, -0.2) is 23.2 Å². The monoisotopic (exact) mass is 410 g/mol. The number of fused-ring (bicyclic) bond motifs is 1. The summed E-state index contributed by atoms with van der Waals surface area (Å²) in [6.45, 7) is 0.522. The van der Waals surface area contributed by atoms with Gasteiger partial charge in [-0.2, -0.15) is 5.10 Å². The van der Waals surface area contributed by atoms with Crippen LogP contribution in [0.1, 0.15) is 27.7 Å². The second-order valence-corrected chi connectivity index (χ2v) is 7.50. The second-order valence-electron chi connectivity index (χ2n) is 7.50. The fourth-order valence-corrected chi connectivity index (χ4v) is 3.89. The van der Waals surface area contributed by atoms with Crippen LogP contribution in [-0.2, 0) is 6.61 Å². The number of rotatable bonds is 5. The van der Waals surface area contributed by atoms with Gasteiger partial charge >= 0.3 is 0 Å². The minimum absolute atomic E-state index is 0.0875. The molecule has 0 spiro atoms. The highest BCUT2D eigenvalue weighted by molar-refractivity contribution is 6.02. The molecule has 6 heteroatoms. The molecule has 1 aliphatic heterocycles. The molecule has 5 rings (SSSR count). The zero-order valence-corrected chi connectivity index (χ0v) is 17.1. The molecule has 154 valence electrons. The summed E-state index contributed by atoms with van der Waals surface area (Å²) in [6.07, 6.45) is 1.45. The fraction of sp³-hybridized carbons (Fsp3) is 0.120. The number of H-pyrrole nitrogens is 1. The molecule has 0 saturated carbocycles. The van der Waals surface area contributed by atoms with E-state index in [-0.39, 0.29) is 12.1 Å². The number of amides is 1. The molecule has 0 bridgehead atoms. The van der Waals surface area contributed by atoms with Crippen LogP contribution in [0.4, 0.5) is 5.69 Å². The minimum Gasteiger partial charge on any atom is -0.489 e. The van der Waals surface area contributed by atoms with E-state index in [4.69, 9.17) is 4.74 Å². The maximum Gasteiger partial charge on any atom is 0.255 e. The third kappa shape index (κ3) is 3.64. The quantitative estimate of drug-likeness (QED) is 0.507. The number of aromatic nitrogens is 2. The van der Waals surface area contributed by atoms with Gasteiger partial charge in [-0.15, -0.1) is 0 Å². The Balaban J connectivity index is 1.37. The van der Waals surface area contributed by atoms with Crippen LogP contribution in [0.3, 0.4) is 0 Å². The Morgan fingerprint density at radius 1 is 0.968 bits per heavy atom. The van der Waals surface area contributed by atoms with E-state index in [0.29, 0.717) is 12.2 Å². The molecule has 2 N–H and O–H groups in total. The number of nitrogens with one attached hydrogen (secondary N) is 2. The van der Waals surface area contributed by atoms with Crippen LogP contribution in [0.5, 0.6) is 5.75 Å². The van der Waals surface area contributed by atoms with Crippen molar-refractivity contribution in [2.45, 2.75) is 12.8 Å². The van der Waals surface area contributed by atoms with Gasteiger partial charge < -0.3 is 15.0 Å². The number of carbonyl (C=O) groups excluding carboxylic acids is 1. The van der Waals surface area contributed by atoms with E-state index in [1.807, 2.05) is 85.9 Å². The number of para-hydroxylation sites is 1. The second kappa shape index (κ2) is 7.99. The van der Waals surface area contributed by atoms with Crippen molar-refractivity contribution in [1.29, 1.82) is 0 Å². The van der Waals surface area contributed by atoms with Gasteiger partial charge in [0.15, 0.2) is 0 Å². The average Bonchev–Trinajstić information content (AvgIpc) is 3.31. The molecule has 1 aliphatic rings. The molecule has 1 aromatic heterocycles. The average molecular weight is 410 g/mol. The molecule has 4 aromatic rings. The molecular formula is C25H22N4O2. The van der Waals surface area contributed by atoms with Crippen molar-refractivity contribution in [1.82, 2.24) is 15.5 Å². The third-order valence-electron chi connectivity index (χ3n) is 5.54. The van der Waals surface area contributed by atoms with Crippen LogP contribution in [0.2, 0.25) is 0 Å². The number of aromatic amines is 1. The summed E-state index contributed by atoms with van der Waals surface area (Å²) in [6, 6.07) is 25.6. The molecule has 2 heterocycles. The van der Waals surface area contributed by atoms with Gasteiger partial charge in [0, 0.05) is 18.2 Å². The van der Waals surface area contributed by atoms with Gasteiger partial charge in [-0.05, 0) is 42.0 Å². The van der Waals surface area contributed by atoms with E-state index in [9.17, 15) is 4.79 Å². The van der Waals surface area contributed by atoms with Gasteiger partial charge in [0.05, 0.1) is 23.1 Å². The zero-order valence-electron chi connectivity index (χ0n) is 17.1. The zero-order chi connectivity index (χ0) is 21.2. The Kier molecular flexibility index (Phi) is 4.88. The smallest absolute Gasteiger partial charge is 0.255 e. The van der Waals surface area contributed by atoms with Crippen LogP contribution in [0, 0.1) is 0 Å². The minimum atomic E-state index is -0.315. The Bertz CT molecular complexity index is 1200. The number of carbonyl (C=O) groups is 1. The first kappa shape index (κ1) is 18.9. The van der Waals surface area contributed by atoms with E-state index < -0.39 is 0 Å². The Morgan fingerprint density at radius 2 is 1.71 bits per heavy atom. The first-order valence-corrected chi connectivity index (χ1v) is 10.1. The van der Waals surface area contributed by atoms with Crippen LogP contribution in [0.25, 0.3) is 11.3 Å². The predicted octanol–water partition coefficient (Wildman–Crippen LogP) is 4.53. The molecule has 1 atom stereocenters. The standard InChI is InChI=1S/C25H22N4O2/c1-29-22-10-6-5-9-20(22)25(30)27-24(29)21-15-26-28-23(21)18-11-13-19(14-12-18)31-16-17-7-3-2-4-8-17/h2-15,24H,16H2,1H3,(H,26,28)(H,27,30). The van der Waals surface area contributed by atoms with Crippen molar-refractivity contribution in [2.24, 2.45) is 0 Å². The van der Waals surface area contributed by atoms with Gasteiger partial charge in [0.1, 0.15) is 18.5 Å². The SMILES string of the molecule is CN1c2ccccc2C(=O)NC1c1cn[nH]c1-c1ccc(OCc2ccccc2)cc1. The summed E-state index contributed by atoms with van der Waals surface area (Å²) < 4.78 is 5.89. The van der Waals surface area contributed by atoms with Crippen molar-refractivity contribution in [3.8, 4) is 17.0 Å². The summed E-state index contributed by atoms with van der Waals surface area (Å²) in [5, 5.41) is 10.4. The lowest BCUT2D eigenvalue weighted by Crippen LogP contribution is -2.44. The van der Waals surface area contributed by atoms with Crippen molar-refractivity contribution < 1.29 is 9.53 Å². The van der Waals surface area contributed by atoms with E-state index >= 15 is 0 Å². The number of hydrogen-bond acceptors (Lipinski definition) is 4. The summed E-state index contributed by atoms with van der Waals surface area (Å²) in [5.74, 6) is 0.709. The maximum atomic E-state index is 12.6. The molecule has 3 aromatic carbocycles. The lowest BCUT2D eigenvalue weighted by Gasteiger charge is -2.36. The van der Waals surface area contributed by atoms with E-state index in [2.05, 4.69) is 20.4 Å². The van der Waals surface area contributed by atoms with Crippen LogP contribution in [0.15, 0.2) is 85.1 Å². The third-order valence-corrected chi connectivity index (χ3v) is 5.54. The number of hydrogen-bond donors (Lipinski definition) is 2. The normalized spacial score (nSPS) is 15.3. The number of benzene rings is 3. The van der Waals surface area contributed by atoms with Crippen LogP contribution < -0.4 is 15.0 Å². The summed E-state index contributed by atoms with van der Waals surface area (Å²) in [7, 11) is 1.97. The van der Waals surface area contributed by atoms with E-state index in [1.165, 1.54) is 0 Å². The lowest BCUT2D eigenvalue weighted by atomic mass is 10.0. The highest BCUT2D eigenvalue weighted by Gasteiger charge is 2.31. The van der Waals surface area contributed by atoms with Crippen molar-refractivity contribution >= 4 is 11.6 Å². The van der Waals surface area contributed by atoms with Gasteiger partial charge in [-0.25, -0.2) is 0 Å². The molecule has 0 fully saturated rings. The summed E-state index contributed by atoms with van der Waals surface area (Å²) in [5.41, 5.74) is 5.44. The van der Waals surface area contributed by atoms with Crippen LogP contribution >= 0.6 is 0 Å². The van der Waals surface area contributed by atoms with E-state index in [0.717, 1.165) is 33.8 Å². The number of anilines is 1. The lowest BCUT2D eigenvalue weighted by molar-refractivity contribution is 0.0928. The Morgan fingerprint density at radius 3 is 2.52 bits per heavy atom. The number of nitrogens with zero attached hydrogens (tertiary/aromatic N) is 2. The van der Waals surface area contributed by atoms with E-state index in [1.54, 1.807) is 6.20 Å². The molecule has 31 heavy (non-hydrogen) atoms. The molecular weight excluding hydrogens is 388 g/mol. The predicted molar refractivity (Wildman–Crippen MR) is 120 cm³/mol. The topological polar surface area (TPSA) is 70.2 Å².